The van der Waals surface area contributed by atoms with Crippen LogP contribution in [0.4, 0.5) is 0 Å². The van der Waals surface area contributed by atoms with Gasteiger partial charge < -0.3 is 31.0 Å². The molecule has 0 saturated heterocycles. The van der Waals surface area contributed by atoms with Crippen molar-refractivity contribution in [3.8, 4) is 0 Å². The average Bonchev–Trinajstić information content (AvgIpc) is 2.78. The molecule has 176 valence electrons. The monoisotopic (exact) mass is 494 g/mol. The fraction of sp³-hybridized carbons (Fsp3) is 1.00. The smallest absolute Gasteiger partial charge is 0.384 e. The summed E-state index contributed by atoms with van der Waals surface area (Å²) in [4.78, 5) is 0. The molecule has 0 N–H and O–H groups in total. The Kier molecular flexibility index (Phi) is 20.6. The Labute approximate surface area is 193 Å². The van der Waals surface area contributed by atoms with Gasteiger partial charge in [-0.3, -0.25) is 0 Å². The van der Waals surface area contributed by atoms with Crippen LogP contribution in [0.5, 0.6) is 0 Å². The van der Waals surface area contributed by atoms with Crippen LogP contribution in [0.25, 0.3) is 0 Å². The number of hydrogen-bond acceptors (Lipinski definition) is 7. The average molecular weight is 495 g/mol. The van der Waals surface area contributed by atoms with Crippen molar-refractivity contribution in [3.05, 3.63) is 0 Å². The highest BCUT2D eigenvalue weighted by atomic mass is 28.3. The van der Waals surface area contributed by atoms with E-state index in [0.29, 0.717) is 0 Å². The van der Waals surface area contributed by atoms with Crippen LogP contribution in [0, 0.1) is 0 Å². The van der Waals surface area contributed by atoms with Crippen LogP contribution in [-0.4, -0.2) is 86.6 Å². The van der Waals surface area contributed by atoms with Crippen LogP contribution < -0.4 is 0 Å². The quantitative estimate of drug-likeness (QED) is 0.168. The zero-order valence-corrected chi connectivity index (χ0v) is 23.8. The van der Waals surface area contributed by atoms with Gasteiger partial charge in [-0.05, 0) is 37.4 Å². The molecule has 7 nitrogen and oxygen atoms in total. The van der Waals surface area contributed by atoms with Crippen molar-refractivity contribution in [2.75, 3.05) is 42.7 Å². The third-order valence-electron chi connectivity index (χ3n) is 5.37. The van der Waals surface area contributed by atoms with Crippen molar-refractivity contribution in [2.24, 2.45) is 0 Å². The first kappa shape index (κ1) is 30.6. The lowest BCUT2D eigenvalue weighted by molar-refractivity contribution is 0.0434. The fourth-order valence-electron chi connectivity index (χ4n) is 3.54. The molecule has 0 heterocycles. The second-order valence-electron chi connectivity index (χ2n) is 7.25. The normalized spacial score (nSPS) is 12.6. The molecule has 11 heteroatoms. The van der Waals surface area contributed by atoms with E-state index in [-0.39, 0.29) is 5.60 Å². The van der Waals surface area contributed by atoms with Crippen LogP contribution in [0.15, 0.2) is 0 Å². The summed E-state index contributed by atoms with van der Waals surface area (Å²) in [6, 6.07) is 2.99. The molecule has 0 aliphatic carbocycles. The molecule has 0 saturated carbocycles. The van der Waals surface area contributed by atoms with Crippen molar-refractivity contribution < 1.29 is 31.0 Å². The van der Waals surface area contributed by atoms with Crippen molar-refractivity contribution in [2.45, 2.75) is 81.5 Å². The van der Waals surface area contributed by atoms with Crippen molar-refractivity contribution in [1.29, 1.82) is 0 Å². The predicted octanol–water partition coefficient (Wildman–Crippen LogP) is 3.68. The Bertz CT molecular complexity index is 320. The first-order valence-electron chi connectivity index (χ1n) is 10.7. The minimum absolute atomic E-state index is 0.149. The summed E-state index contributed by atoms with van der Waals surface area (Å²) >= 11 is 0. The van der Waals surface area contributed by atoms with Gasteiger partial charge >= 0.3 is 27.9 Å². The van der Waals surface area contributed by atoms with Gasteiger partial charge in [0.2, 0.25) is 10.5 Å². The lowest BCUT2D eigenvalue weighted by Crippen LogP contribution is -2.32. The van der Waals surface area contributed by atoms with E-state index in [1.807, 2.05) is 0 Å². The first-order chi connectivity index (χ1) is 14.5. The lowest BCUT2D eigenvalue weighted by Gasteiger charge is -2.34. The highest BCUT2D eigenvalue weighted by Crippen LogP contribution is 2.32. The summed E-state index contributed by atoms with van der Waals surface area (Å²) < 4.78 is 38.4. The summed E-state index contributed by atoms with van der Waals surface area (Å²) in [6.45, 7) is 0. The van der Waals surface area contributed by atoms with Gasteiger partial charge in [-0.25, -0.2) is 0 Å². The van der Waals surface area contributed by atoms with Crippen LogP contribution in [0.1, 0.15) is 57.8 Å². The summed E-state index contributed by atoms with van der Waals surface area (Å²) in [7, 11) is 10.4. The zero-order valence-electron chi connectivity index (χ0n) is 19.8. The number of unbranched alkanes of at least 4 members (excludes halogenated alkanes) is 3. The van der Waals surface area contributed by atoms with Crippen molar-refractivity contribution in [3.63, 3.8) is 0 Å². The summed E-state index contributed by atoms with van der Waals surface area (Å²) in [5, 5.41) is 0. The molecule has 0 unspecified atom stereocenters. The van der Waals surface area contributed by atoms with Crippen LogP contribution in [0.2, 0.25) is 18.1 Å². The third kappa shape index (κ3) is 13.9. The van der Waals surface area contributed by atoms with E-state index in [0.717, 1.165) is 75.9 Å². The molecule has 0 aromatic rings. The molecule has 0 spiro atoms. The highest BCUT2D eigenvalue weighted by Gasteiger charge is 2.29. The van der Waals surface area contributed by atoms with Gasteiger partial charge in [0, 0.05) is 42.7 Å². The Morgan fingerprint density at radius 1 is 0.500 bits per heavy atom. The predicted molar refractivity (Wildman–Crippen MR) is 125 cm³/mol. The Balaban J connectivity index is 4.63. The van der Waals surface area contributed by atoms with Gasteiger partial charge in [0.1, 0.15) is 0 Å². The standard InChI is InChI=1S/C19H42O7Si4/c1-20-28(21-2)16-10-7-13-19(26-27,14-8-11-17-29(22-3)23-4)15-9-12-18-30(24-5)25-6/h7-18H2,1-6H3. The Morgan fingerprint density at radius 2 is 0.767 bits per heavy atom. The van der Waals surface area contributed by atoms with E-state index in [4.69, 9.17) is 31.0 Å². The molecule has 0 bridgehead atoms. The van der Waals surface area contributed by atoms with Gasteiger partial charge in [-0.15, -0.1) is 0 Å². The molecule has 0 aromatic carbocycles. The van der Waals surface area contributed by atoms with Crippen LogP contribution in [-0.2, 0) is 31.0 Å². The highest BCUT2D eigenvalue weighted by molar-refractivity contribution is 6.44. The molecule has 0 rings (SSSR count). The van der Waals surface area contributed by atoms with E-state index in [9.17, 15) is 0 Å². The maximum atomic E-state index is 5.96. The van der Waals surface area contributed by atoms with Crippen molar-refractivity contribution >= 4 is 38.3 Å². The van der Waals surface area contributed by atoms with Crippen LogP contribution in [0.3, 0.4) is 0 Å². The van der Waals surface area contributed by atoms with Gasteiger partial charge in [0.15, 0.2) is 0 Å². The largest absolute Gasteiger partial charge is 0.413 e. The molecule has 0 atom stereocenters. The van der Waals surface area contributed by atoms with Gasteiger partial charge in [0.05, 0.1) is 5.60 Å². The zero-order chi connectivity index (χ0) is 22.7. The van der Waals surface area contributed by atoms with Crippen LogP contribution >= 0.6 is 0 Å². The van der Waals surface area contributed by atoms with E-state index >= 15 is 0 Å². The summed E-state index contributed by atoms with van der Waals surface area (Å²) in [5.41, 5.74) is -0.149. The third-order valence-corrected chi connectivity index (χ3v) is 10.8. The molecular weight excluding hydrogens is 453 g/mol. The maximum absolute atomic E-state index is 5.96. The maximum Gasteiger partial charge on any atom is 0.384 e. The molecule has 0 aliphatic rings. The van der Waals surface area contributed by atoms with Crippen molar-refractivity contribution in [1.82, 2.24) is 0 Å². The summed E-state index contributed by atoms with van der Waals surface area (Å²) in [6.07, 6.45) is 9.65. The fourth-order valence-corrected chi connectivity index (χ4v) is 7.19. The Hall–Kier alpha value is 0.588. The van der Waals surface area contributed by atoms with Gasteiger partial charge in [-0.1, -0.05) is 38.5 Å². The van der Waals surface area contributed by atoms with Gasteiger partial charge in [0.25, 0.3) is 0 Å². The molecule has 0 fully saturated rings. The molecule has 0 aromatic heterocycles. The molecule has 6 radical (unpaired) electrons. The number of rotatable bonds is 22. The minimum atomic E-state index is -1.12. The Morgan fingerprint density at radius 3 is 0.967 bits per heavy atom. The first-order valence-corrected chi connectivity index (χ1v) is 15.7. The molecule has 0 aliphatic heterocycles. The molecule has 30 heavy (non-hydrogen) atoms. The van der Waals surface area contributed by atoms with E-state index < -0.39 is 27.9 Å². The van der Waals surface area contributed by atoms with Gasteiger partial charge in [-0.2, -0.15) is 0 Å². The SMILES string of the molecule is CO[Si](CCCCC(CCCC[Si](OC)OC)(CCCC[Si](OC)OC)O[Si])OC. The second-order valence-corrected chi connectivity index (χ2v) is 13.6. The topological polar surface area (TPSA) is 64.6 Å². The van der Waals surface area contributed by atoms with E-state index in [1.54, 1.807) is 42.7 Å². The molecule has 0 amide bonds. The van der Waals surface area contributed by atoms with E-state index in [2.05, 4.69) is 10.5 Å². The van der Waals surface area contributed by atoms with E-state index in [1.165, 1.54) is 0 Å². The second kappa shape index (κ2) is 20.2. The minimum Gasteiger partial charge on any atom is -0.413 e. The summed E-state index contributed by atoms with van der Waals surface area (Å²) in [5.74, 6) is 0. The number of hydrogen-bond donors (Lipinski definition) is 0. The molecular formula is C19H42O7Si4. The lowest BCUT2D eigenvalue weighted by atomic mass is 9.86.